The Bertz CT molecular complexity index is 612. The fraction of sp³-hybridized carbons (Fsp3) is 0.188. The maximum atomic E-state index is 13.3. The normalized spacial score (nSPS) is 10.5. The summed E-state index contributed by atoms with van der Waals surface area (Å²) in [6, 6.07) is 8.57. The van der Waals surface area contributed by atoms with Gasteiger partial charge in [-0.05, 0) is 60.9 Å². The van der Waals surface area contributed by atoms with E-state index in [-0.39, 0.29) is 18.0 Å². The molecule has 0 N–H and O–H groups in total. The first kappa shape index (κ1) is 13.4. The van der Waals surface area contributed by atoms with E-state index in [0.717, 1.165) is 11.1 Å². The van der Waals surface area contributed by atoms with Gasteiger partial charge in [-0.2, -0.15) is 0 Å². The van der Waals surface area contributed by atoms with Crippen LogP contribution < -0.4 is 0 Å². The minimum absolute atomic E-state index is 0.148. The molecular formula is C16H14F2O. The van der Waals surface area contributed by atoms with E-state index in [4.69, 9.17) is 0 Å². The van der Waals surface area contributed by atoms with Crippen LogP contribution in [0.4, 0.5) is 8.78 Å². The van der Waals surface area contributed by atoms with Crippen LogP contribution in [0.3, 0.4) is 0 Å². The van der Waals surface area contributed by atoms with E-state index in [1.165, 1.54) is 24.3 Å². The molecule has 2 aromatic rings. The van der Waals surface area contributed by atoms with Crippen LogP contribution in [0.25, 0.3) is 0 Å². The Morgan fingerprint density at radius 2 is 1.74 bits per heavy atom. The average Bonchev–Trinajstić information content (AvgIpc) is 2.31. The largest absolute Gasteiger partial charge is 0.294 e. The van der Waals surface area contributed by atoms with Gasteiger partial charge < -0.3 is 0 Å². The Kier molecular flexibility index (Phi) is 3.74. The molecule has 0 heterocycles. The highest BCUT2D eigenvalue weighted by molar-refractivity contribution is 5.97. The van der Waals surface area contributed by atoms with Crippen molar-refractivity contribution in [3.8, 4) is 0 Å². The number of carbonyl (C=O) groups excluding carboxylic acids is 1. The van der Waals surface area contributed by atoms with Crippen molar-refractivity contribution < 1.29 is 13.6 Å². The SMILES string of the molecule is Cc1cc(F)cc(C(=O)Cc2ccc(F)cc2C)c1. The molecule has 0 radical (unpaired) electrons. The maximum Gasteiger partial charge on any atom is 0.167 e. The second-order valence-corrected chi connectivity index (χ2v) is 4.69. The number of hydrogen-bond donors (Lipinski definition) is 0. The summed E-state index contributed by atoms with van der Waals surface area (Å²) >= 11 is 0. The van der Waals surface area contributed by atoms with E-state index >= 15 is 0 Å². The molecule has 0 aliphatic carbocycles. The van der Waals surface area contributed by atoms with Gasteiger partial charge in [0.1, 0.15) is 11.6 Å². The molecule has 2 rings (SSSR count). The summed E-state index contributed by atoms with van der Waals surface area (Å²) in [5, 5.41) is 0. The second kappa shape index (κ2) is 5.31. The summed E-state index contributed by atoms with van der Waals surface area (Å²) in [4.78, 5) is 12.1. The van der Waals surface area contributed by atoms with Gasteiger partial charge in [0.25, 0.3) is 0 Å². The molecule has 0 bridgehead atoms. The van der Waals surface area contributed by atoms with Crippen LogP contribution in [-0.4, -0.2) is 5.78 Å². The Balaban J connectivity index is 2.25. The number of aryl methyl sites for hydroxylation is 2. The molecule has 0 spiro atoms. The fourth-order valence-electron chi connectivity index (χ4n) is 2.03. The molecule has 0 fully saturated rings. The first-order valence-corrected chi connectivity index (χ1v) is 6.01. The van der Waals surface area contributed by atoms with Crippen molar-refractivity contribution >= 4 is 5.78 Å². The van der Waals surface area contributed by atoms with Crippen LogP contribution in [-0.2, 0) is 6.42 Å². The van der Waals surface area contributed by atoms with Gasteiger partial charge in [0.2, 0.25) is 0 Å². The molecule has 0 aromatic heterocycles. The van der Waals surface area contributed by atoms with E-state index in [2.05, 4.69) is 0 Å². The lowest BCUT2D eigenvalue weighted by Gasteiger charge is -2.06. The summed E-state index contributed by atoms with van der Waals surface area (Å²) in [6.45, 7) is 3.49. The third-order valence-corrected chi connectivity index (χ3v) is 3.02. The van der Waals surface area contributed by atoms with E-state index in [1.54, 1.807) is 26.0 Å². The zero-order valence-electron chi connectivity index (χ0n) is 10.8. The monoisotopic (exact) mass is 260 g/mol. The fourth-order valence-corrected chi connectivity index (χ4v) is 2.03. The topological polar surface area (TPSA) is 17.1 Å². The van der Waals surface area contributed by atoms with Gasteiger partial charge in [-0.25, -0.2) is 8.78 Å². The van der Waals surface area contributed by atoms with Crippen molar-refractivity contribution in [1.29, 1.82) is 0 Å². The summed E-state index contributed by atoms with van der Waals surface area (Å²) in [5.41, 5.74) is 2.54. The van der Waals surface area contributed by atoms with Crippen molar-refractivity contribution in [3.63, 3.8) is 0 Å². The minimum atomic E-state index is -0.417. The Morgan fingerprint density at radius 1 is 1.00 bits per heavy atom. The first-order chi connectivity index (χ1) is 8.95. The van der Waals surface area contributed by atoms with Crippen LogP contribution in [0.5, 0.6) is 0 Å². The first-order valence-electron chi connectivity index (χ1n) is 6.01. The average molecular weight is 260 g/mol. The Labute approximate surface area is 110 Å². The molecule has 0 aliphatic rings. The lowest BCUT2D eigenvalue weighted by molar-refractivity contribution is 0.0992. The van der Waals surface area contributed by atoms with Crippen LogP contribution in [0.1, 0.15) is 27.0 Å². The van der Waals surface area contributed by atoms with Gasteiger partial charge in [0.05, 0.1) is 0 Å². The number of hydrogen-bond acceptors (Lipinski definition) is 1. The number of Topliss-reactive ketones (excluding diaryl/α,β-unsaturated/α-hetero) is 1. The summed E-state index contributed by atoms with van der Waals surface area (Å²) < 4.78 is 26.2. The number of halogens is 2. The predicted octanol–water partition coefficient (Wildman–Crippen LogP) is 4.01. The Hall–Kier alpha value is -2.03. The van der Waals surface area contributed by atoms with Crippen molar-refractivity contribution in [2.24, 2.45) is 0 Å². The van der Waals surface area contributed by atoms with Gasteiger partial charge >= 0.3 is 0 Å². The number of carbonyl (C=O) groups is 1. The molecule has 2 aromatic carbocycles. The van der Waals surface area contributed by atoms with Crippen LogP contribution in [0, 0.1) is 25.5 Å². The van der Waals surface area contributed by atoms with Gasteiger partial charge in [0, 0.05) is 12.0 Å². The summed E-state index contributed by atoms with van der Waals surface area (Å²) in [7, 11) is 0. The number of ketones is 1. The van der Waals surface area contributed by atoms with Crippen LogP contribution in [0.2, 0.25) is 0 Å². The van der Waals surface area contributed by atoms with Crippen molar-refractivity contribution in [2.45, 2.75) is 20.3 Å². The van der Waals surface area contributed by atoms with Crippen molar-refractivity contribution in [2.75, 3.05) is 0 Å². The molecule has 19 heavy (non-hydrogen) atoms. The molecule has 0 aliphatic heterocycles. The van der Waals surface area contributed by atoms with Gasteiger partial charge in [-0.1, -0.05) is 6.07 Å². The van der Waals surface area contributed by atoms with Crippen LogP contribution >= 0.6 is 0 Å². The highest BCUT2D eigenvalue weighted by atomic mass is 19.1. The smallest absolute Gasteiger partial charge is 0.167 e. The lowest BCUT2D eigenvalue weighted by Crippen LogP contribution is -2.06. The quantitative estimate of drug-likeness (QED) is 0.762. The zero-order valence-corrected chi connectivity index (χ0v) is 10.8. The maximum absolute atomic E-state index is 13.3. The van der Waals surface area contributed by atoms with E-state index in [1.807, 2.05) is 0 Å². The minimum Gasteiger partial charge on any atom is -0.294 e. The second-order valence-electron chi connectivity index (χ2n) is 4.69. The van der Waals surface area contributed by atoms with Crippen molar-refractivity contribution in [1.82, 2.24) is 0 Å². The van der Waals surface area contributed by atoms with Crippen molar-refractivity contribution in [3.05, 3.63) is 70.3 Å². The van der Waals surface area contributed by atoms with Gasteiger partial charge in [-0.3, -0.25) is 4.79 Å². The van der Waals surface area contributed by atoms with Gasteiger partial charge in [-0.15, -0.1) is 0 Å². The molecule has 98 valence electrons. The molecular weight excluding hydrogens is 246 g/mol. The number of rotatable bonds is 3. The van der Waals surface area contributed by atoms with E-state index < -0.39 is 5.82 Å². The predicted molar refractivity (Wildman–Crippen MR) is 70.3 cm³/mol. The lowest BCUT2D eigenvalue weighted by atomic mass is 9.98. The highest BCUT2D eigenvalue weighted by Crippen LogP contribution is 2.15. The molecule has 0 saturated carbocycles. The highest BCUT2D eigenvalue weighted by Gasteiger charge is 2.11. The summed E-state index contributed by atoms with van der Waals surface area (Å²) in [6.07, 6.45) is 0.148. The van der Waals surface area contributed by atoms with Crippen LogP contribution in [0.15, 0.2) is 36.4 Å². The molecule has 0 atom stereocenters. The summed E-state index contributed by atoms with van der Waals surface area (Å²) in [5.74, 6) is -0.910. The third-order valence-electron chi connectivity index (χ3n) is 3.02. The van der Waals surface area contributed by atoms with E-state index in [0.29, 0.717) is 11.1 Å². The zero-order chi connectivity index (χ0) is 14.0. The number of benzene rings is 2. The Morgan fingerprint density at radius 3 is 2.37 bits per heavy atom. The molecule has 3 heteroatoms. The standard InChI is InChI=1S/C16H14F2O/c1-10-5-13(8-15(18)6-10)16(19)9-12-3-4-14(17)7-11(12)2/h3-8H,9H2,1-2H3. The van der Waals surface area contributed by atoms with E-state index in [9.17, 15) is 13.6 Å². The molecule has 0 unspecified atom stereocenters. The molecule has 0 amide bonds. The third kappa shape index (κ3) is 3.25. The molecule has 1 nitrogen and oxygen atoms in total. The molecule has 0 saturated heterocycles. The van der Waals surface area contributed by atoms with Gasteiger partial charge in [0.15, 0.2) is 5.78 Å².